The number of nitrogens with one attached hydrogen (secondary N) is 1. The fourth-order valence-electron chi connectivity index (χ4n) is 1.99. The van der Waals surface area contributed by atoms with Gasteiger partial charge in [0.15, 0.2) is 0 Å². The molecule has 1 aromatic rings. The molecule has 4 heteroatoms. The second kappa shape index (κ2) is 6.69. The highest BCUT2D eigenvalue weighted by Crippen LogP contribution is 2.03. The van der Waals surface area contributed by atoms with Crippen molar-refractivity contribution >= 4 is 0 Å². The predicted octanol–water partition coefficient (Wildman–Crippen LogP) is 0.812. The van der Waals surface area contributed by atoms with Gasteiger partial charge in [0.05, 0.1) is 13.2 Å². The maximum Gasteiger partial charge on any atom is 0.0594 e. The van der Waals surface area contributed by atoms with Gasteiger partial charge in [-0.3, -0.25) is 9.88 Å². The van der Waals surface area contributed by atoms with Crippen LogP contribution in [0.2, 0.25) is 0 Å². The molecular formula is C13H21N3O. The van der Waals surface area contributed by atoms with Crippen LogP contribution in [-0.2, 0) is 11.3 Å². The van der Waals surface area contributed by atoms with Crippen LogP contribution >= 0.6 is 0 Å². The summed E-state index contributed by atoms with van der Waals surface area (Å²) < 4.78 is 5.32. The van der Waals surface area contributed by atoms with E-state index in [4.69, 9.17) is 4.74 Å². The third-order valence-corrected chi connectivity index (χ3v) is 3.16. The molecule has 17 heavy (non-hydrogen) atoms. The Labute approximate surface area is 103 Å². The monoisotopic (exact) mass is 235 g/mol. The normalized spacial score (nSPS) is 17.2. The molecule has 0 unspecified atom stereocenters. The van der Waals surface area contributed by atoms with Gasteiger partial charge in [-0.05, 0) is 24.1 Å². The highest BCUT2D eigenvalue weighted by molar-refractivity contribution is 5.21. The van der Waals surface area contributed by atoms with Crippen LogP contribution in [0.25, 0.3) is 0 Å². The van der Waals surface area contributed by atoms with Crippen LogP contribution in [0, 0.1) is 6.92 Å². The molecule has 0 atom stereocenters. The zero-order valence-corrected chi connectivity index (χ0v) is 10.5. The SMILES string of the molecule is Cc1cnccc1CNCCN1CCOCC1. The lowest BCUT2D eigenvalue weighted by molar-refractivity contribution is 0.0384. The predicted molar refractivity (Wildman–Crippen MR) is 67.9 cm³/mol. The molecular weight excluding hydrogens is 214 g/mol. The van der Waals surface area contributed by atoms with Gasteiger partial charge >= 0.3 is 0 Å². The van der Waals surface area contributed by atoms with E-state index >= 15 is 0 Å². The third kappa shape index (κ3) is 4.07. The number of hydrogen-bond donors (Lipinski definition) is 1. The van der Waals surface area contributed by atoms with Gasteiger partial charge < -0.3 is 10.1 Å². The van der Waals surface area contributed by atoms with Gasteiger partial charge in [0.2, 0.25) is 0 Å². The largest absolute Gasteiger partial charge is 0.379 e. The van der Waals surface area contributed by atoms with E-state index in [-0.39, 0.29) is 0 Å². The van der Waals surface area contributed by atoms with Gasteiger partial charge in [-0.15, -0.1) is 0 Å². The van der Waals surface area contributed by atoms with Crippen molar-refractivity contribution in [3.8, 4) is 0 Å². The van der Waals surface area contributed by atoms with Crippen molar-refractivity contribution < 1.29 is 4.74 Å². The molecule has 1 aliphatic heterocycles. The lowest BCUT2D eigenvalue weighted by Crippen LogP contribution is -2.40. The number of morpholine rings is 1. The summed E-state index contributed by atoms with van der Waals surface area (Å²) in [5.41, 5.74) is 2.59. The van der Waals surface area contributed by atoms with Crippen LogP contribution in [0.3, 0.4) is 0 Å². The van der Waals surface area contributed by atoms with Crippen molar-refractivity contribution in [3.05, 3.63) is 29.6 Å². The minimum Gasteiger partial charge on any atom is -0.379 e. The first-order chi connectivity index (χ1) is 8.36. The Morgan fingerprint density at radius 1 is 1.41 bits per heavy atom. The van der Waals surface area contributed by atoms with Crippen LogP contribution in [0.4, 0.5) is 0 Å². The van der Waals surface area contributed by atoms with Crippen LogP contribution in [0.5, 0.6) is 0 Å². The van der Waals surface area contributed by atoms with E-state index in [2.05, 4.69) is 28.2 Å². The van der Waals surface area contributed by atoms with Crippen LogP contribution < -0.4 is 5.32 Å². The molecule has 1 saturated heterocycles. The van der Waals surface area contributed by atoms with Gasteiger partial charge in [-0.2, -0.15) is 0 Å². The van der Waals surface area contributed by atoms with E-state index in [1.807, 2.05) is 12.4 Å². The summed E-state index contributed by atoms with van der Waals surface area (Å²) in [5.74, 6) is 0. The lowest BCUT2D eigenvalue weighted by atomic mass is 10.1. The van der Waals surface area contributed by atoms with E-state index in [0.717, 1.165) is 45.9 Å². The zero-order valence-electron chi connectivity index (χ0n) is 10.5. The Bertz CT molecular complexity index is 337. The van der Waals surface area contributed by atoms with Gasteiger partial charge in [-0.1, -0.05) is 0 Å². The van der Waals surface area contributed by atoms with E-state index in [1.165, 1.54) is 11.1 Å². The molecule has 0 spiro atoms. The first-order valence-corrected chi connectivity index (χ1v) is 6.26. The summed E-state index contributed by atoms with van der Waals surface area (Å²) in [4.78, 5) is 6.54. The minimum atomic E-state index is 0.878. The fourth-order valence-corrected chi connectivity index (χ4v) is 1.99. The van der Waals surface area contributed by atoms with Crippen LogP contribution in [0.1, 0.15) is 11.1 Å². The summed E-state index contributed by atoms with van der Waals surface area (Å²) in [6.45, 7) is 9.05. The molecule has 1 N–H and O–H groups in total. The van der Waals surface area contributed by atoms with Gasteiger partial charge in [0.1, 0.15) is 0 Å². The molecule has 0 bridgehead atoms. The molecule has 0 radical (unpaired) electrons. The van der Waals surface area contributed by atoms with E-state index in [9.17, 15) is 0 Å². The van der Waals surface area contributed by atoms with Gasteiger partial charge in [-0.25, -0.2) is 0 Å². The average Bonchev–Trinajstić information content (AvgIpc) is 2.38. The number of rotatable bonds is 5. The molecule has 1 aliphatic rings. The average molecular weight is 235 g/mol. The Hall–Kier alpha value is -0.970. The van der Waals surface area contributed by atoms with E-state index in [1.54, 1.807) is 0 Å². The highest BCUT2D eigenvalue weighted by Gasteiger charge is 2.08. The molecule has 0 aliphatic carbocycles. The Balaban J connectivity index is 1.64. The van der Waals surface area contributed by atoms with Crippen molar-refractivity contribution in [3.63, 3.8) is 0 Å². The second-order valence-electron chi connectivity index (χ2n) is 4.43. The number of ether oxygens (including phenoxy) is 1. The fraction of sp³-hybridized carbons (Fsp3) is 0.615. The van der Waals surface area contributed by atoms with Crippen LogP contribution in [0.15, 0.2) is 18.5 Å². The third-order valence-electron chi connectivity index (χ3n) is 3.16. The molecule has 94 valence electrons. The summed E-state index contributed by atoms with van der Waals surface area (Å²) in [7, 11) is 0. The van der Waals surface area contributed by atoms with Crippen molar-refractivity contribution in [1.82, 2.24) is 15.2 Å². The Morgan fingerprint density at radius 2 is 2.24 bits per heavy atom. The van der Waals surface area contributed by atoms with Crippen LogP contribution in [-0.4, -0.2) is 49.3 Å². The van der Waals surface area contributed by atoms with Crippen molar-refractivity contribution in [2.45, 2.75) is 13.5 Å². The number of pyridine rings is 1. The van der Waals surface area contributed by atoms with Crippen molar-refractivity contribution in [2.24, 2.45) is 0 Å². The summed E-state index contributed by atoms with van der Waals surface area (Å²) in [5, 5.41) is 3.48. The molecule has 0 saturated carbocycles. The minimum absolute atomic E-state index is 0.878. The van der Waals surface area contributed by atoms with E-state index < -0.39 is 0 Å². The maximum atomic E-state index is 5.32. The molecule has 4 nitrogen and oxygen atoms in total. The van der Waals surface area contributed by atoms with Gasteiger partial charge in [0, 0.05) is 45.1 Å². The molecule has 0 aromatic carbocycles. The molecule has 1 fully saturated rings. The second-order valence-corrected chi connectivity index (χ2v) is 4.43. The Kier molecular flexibility index (Phi) is 4.91. The number of hydrogen-bond acceptors (Lipinski definition) is 4. The topological polar surface area (TPSA) is 37.4 Å². The lowest BCUT2D eigenvalue weighted by Gasteiger charge is -2.26. The van der Waals surface area contributed by atoms with Gasteiger partial charge in [0.25, 0.3) is 0 Å². The number of aromatic nitrogens is 1. The summed E-state index contributed by atoms with van der Waals surface area (Å²) in [6.07, 6.45) is 3.77. The number of aryl methyl sites for hydroxylation is 1. The Morgan fingerprint density at radius 3 is 3.00 bits per heavy atom. The maximum absolute atomic E-state index is 5.32. The summed E-state index contributed by atoms with van der Waals surface area (Å²) >= 11 is 0. The van der Waals surface area contributed by atoms with E-state index in [0.29, 0.717) is 0 Å². The first-order valence-electron chi connectivity index (χ1n) is 6.26. The molecule has 2 heterocycles. The van der Waals surface area contributed by atoms with Crippen molar-refractivity contribution in [2.75, 3.05) is 39.4 Å². The van der Waals surface area contributed by atoms with Crippen molar-refractivity contribution in [1.29, 1.82) is 0 Å². The highest BCUT2D eigenvalue weighted by atomic mass is 16.5. The molecule has 0 amide bonds. The smallest absolute Gasteiger partial charge is 0.0594 e. The quantitative estimate of drug-likeness (QED) is 0.767. The summed E-state index contributed by atoms with van der Waals surface area (Å²) in [6, 6.07) is 2.08. The number of nitrogens with zero attached hydrogens (tertiary/aromatic N) is 2. The first kappa shape index (κ1) is 12.5. The zero-order chi connectivity index (χ0) is 11.9. The standard InChI is InChI=1S/C13H21N3O/c1-12-10-14-3-2-13(12)11-15-4-5-16-6-8-17-9-7-16/h2-3,10,15H,4-9,11H2,1H3. The molecule has 2 rings (SSSR count). The molecule has 1 aromatic heterocycles.